The lowest BCUT2D eigenvalue weighted by Crippen LogP contribution is -2.48. The Morgan fingerprint density at radius 1 is 1.17 bits per heavy atom. The van der Waals surface area contributed by atoms with E-state index in [9.17, 15) is 5.11 Å². The zero-order chi connectivity index (χ0) is 24.7. The second-order valence-corrected chi connectivity index (χ2v) is 10.9. The molecule has 4 aromatic rings. The summed E-state index contributed by atoms with van der Waals surface area (Å²) >= 11 is 1.48. The zero-order valence-electron chi connectivity index (χ0n) is 20.1. The third-order valence-corrected chi connectivity index (χ3v) is 8.21. The number of hydrogen-bond donors (Lipinski definition) is 3. The van der Waals surface area contributed by atoms with Crippen LogP contribution in [0.5, 0.6) is 0 Å². The van der Waals surface area contributed by atoms with Gasteiger partial charge in [-0.2, -0.15) is 0 Å². The van der Waals surface area contributed by atoms with Crippen molar-refractivity contribution in [2.75, 3.05) is 23.3 Å². The van der Waals surface area contributed by atoms with Crippen LogP contribution in [0.3, 0.4) is 0 Å². The highest BCUT2D eigenvalue weighted by Gasteiger charge is 2.27. The first-order valence-electron chi connectivity index (χ1n) is 12.3. The summed E-state index contributed by atoms with van der Waals surface area (Å²) in [5.41, 5.74) is 10.6. The Bertz CT molecular complexity index is 1340. The summed E-state index contributed by atoms with van der Waals surface area (Å²) in [5.74, 6) is 1.04. The van der Waals surface area contributed by atoms with Gasteiger partial charge in [0.1, 0.15) is 10.7 Å². The minimum absolute atomic E-state index is 0.0697. The molecule has 4 heterocycles. The third kappa shape index (κ3) is 4.59. The van der Waals surface area contributed by atoms with Crippen LogP contribution in [0, 0.1) is 0 Å². The van der Waals surface area contributed by atoms with E-state index in [1.165, 1.54) is 23.4 Å². The van der Waals surface area contributed by atoms with E-state index in [-0.39, 0.29) is 5.54 Å². The highest BCUT2D eigenvalue weighted by molar-refractivity contribution is 7.15. The Labute approximate surface area is 213 Å². The molecule has 1 saturated heterocycles. The lowest BCUT2D eigenvalue weighted by molar-refractivity contribution is 0.160. The number of benzene rings is 1. The Hall–Kier alpha value is -3.34. The minimum Gasteiger partial charge on any atom is -0.443 e. The molecule has 1 aliphatic heterocycles. The second kappa shape index (κ2) is 9.27. The molecule has 0 spiro atoms. The predicted octanol–water partition coefficient (Wildman–Crippen LogP) is 4.69. The lowest BCUT2D eigenvalue weighted by atomic mass is 9.91. The van der Waals surface area contributed by atoms with Gasteiger partial charge in [0.05, 0.1) is 28.4 Å². The number of nitrogens with zero attached hydrogens (tertiary/aromatic N) is 5. The Kier molecular flexibility index (Phi) is 5.94. The van der Waals surface area contributed by atoms with Crippen molar-refractivity contribution in [3.05, 3.63) is 53.6 Å². The van der Waals surface area contributed by atoms with Gasteiger partial charge in [-0.3, -0.25) is 0 Å². The van der Waals surface area contributed by atoms with Crippen LogP contribution >= 0.6 is 11.3 Å². The molecular formula is C26H29N7O2S. The number of anilines is 3. The number of aliphatic hydroxyl groups excluding tert-OH is 1. The van der Waals surface area contributed by atoms with Crippen LogP contribution in [0.15, 0.2) is 47.5 Å². The van der Waals surface area contributed by atoms with Gasteiger partial charge in [0, 0.05) is 36.2 Å². The van der Waals surface area contributed by atoms with E-state index >= 15 is 0 Å². The van der Waals surface area contributed by atoms with E-state index in [0.29, 0.717) is 23.0 Å². The van der Waals surface area contributed by atoms with Crippen molar-refractivity contribution in [1.29, 1.82) is 0 Å². The number of piperidine rings is 1. The summed E-state index contributed by atoms with van der Waals surface area (Å²) < 4.78 is 5.55. The van der Waals surface area contributed by atoms with Crippen LogP contribution in [-0.4, -0.2) is 43.7 Å². The van der Waals surface area contributed by atoms with Crippen LogP contribution in [0.4, 0.5) is 17.3 Å². The second-order valence-electron chi connectivity index (χ2n) is 9.87. The standard InChI is InChI=1S/C26H29N7O2S/c1-26(27)9-11-33(12-10-26)17-7-5-16(6-8-17)30-25-29-13-18(21-14-28-15-35-21)22(32-25)24-31-19-3-2-4-20(34)23(19)36-24/h5-8,13-15,20,34H,2-4,9-12,27H2,1H3,(H,29,30,32). The first kappa shape index (κ1) is 23.1. The molecule has 0 amide bonds. The number of rotatable bonds is 5. The molecule has 1 unspecified atom stereocenters. The maximum absolute atomic E-state index is 10.5. The lowest BCUT2D eigenvalue weighted by Gasteiger charge is -2.38. The van der Waals surface area contributed by atoms with E-state index in [1.807, 2.05) is 12.1 Å². The van der Waals surface area contributed by atoms with Crippen molar-refractivity contribution in [2.45, 2.75) is 50.7 Å². The first-order valence-corrected chi connectivity index (χ1v) is 13.1. The monoisotopic (exact) mass is 503 g/mol. The van der Waals surface area contributed by atoms with Crippen LogP contribution in [0.1, 0.15) is 49.3 Å². The van der Waals surface area contributed by atoms with Gasteiger partial charge >= 0.3 is 0 Å². The smallest absolute Gasteiger partial charge is 0.227 e. The molecule has 2 aliphatic rings. The summed E-state index contributed by atoms with van der Waals surface area (Å²) in [6.45, 7) is 4.05. The van der Waals surface area contributed by atoms with Crippen molar-refractivity contribution < 1.29 is 9.52 Å². The van der Waals surface area contributed by atoms with Gasteiger partial charge in [0.15, 0.2) is 12.2 Å². The minimum atomic E-state index is -0.467. The van der Waals surface area contributed by atoms with E-state index in [1.54, 1.807) is 12.4 Å². The molecule has 1 aromatic carbocycles. The van der Waals surface area contributed by atoms with Crippen molar-refractivity contribution >= 4 is 28.7 Å². The average Bonchev–Trinajstić information content (AvgIpc) is 3.56. The fourth-order valence-corrected chi connectivity index (χ4v) is 5.93. The normalized spacial score (nSPS) is 19.2. The number of aryl methyl sites for hydroxylation is 1. The molecule has 9 nitrogen and oxygen atoms in total. The maximum atomic E-state index is 10.5. The van der Waals surface area contributed by atoms with Gasteiger partial charge in [-0.25, -0.2) is 19.9 Å². The third-order valence-electron chi connectivity index (χ3n) is 7.00. The van der Waals surface area contributed by atoms with Crippen LogP contribution in [0.25, 0.3) is 22.0 Å². The van der Waals surface area contributed by atoms with Crippen molar-refractivity contribution in [2.24, 2.45) is 5.73 Å². The number of oxazole rings is 1. The molecule has 1 atom stereocenters. The highest BCUT2D eigenvalue weighted by Crippen LogP contribution is 2.40. The summed E-state index contributed by atoms with van der Waals surface area (Å²) in [6.07, 6.45) is 8.82. The summed E-state index contributed by atoms with van der Waals surface area (Å²) in [7, 11) is 0. The largest absolute Gasteiger partial charge is 0.443 e. The number of aliphatic hydroxyl groups is 1. The fraction of sp³-hybridized carbons (Fsp3) is 0.385. The predicted molar refractivity (Wildman–Crippen MR) is 140 cm³/mol. The number of nitrogens with one attached hydrogen (secondary N) is 1. The molecule has 36 heavy (non-hydrogen) atoms. The number of aromatic nitrogens is 4. The van der Waals surface area contributed by atoms with E-state index in [2.05, 4.69) is 39.2 Å². The molecule has 4 N–H and O–H groups in total. The average molecular weight is 504 g/mol. The van der Waals surface area contributed by atoms with E-state index < -0.39 is 6.10 Å². The highest BCUT2D eigenvalue weighted by atomic mass is 32.1. The van der Waals surface area contributed by atoms with Crippen LogP contribution in [0.2, 0.25) is 0 Å². The number of nitrogens with two attached hydrogens (primary N) is 1. The van der Waals surface area contributed by atoms with Gasteiger partial charge < -0.3 is 25.5 Å². The fourth-order valence-electron chi connectivity index (χ4n) is 4.79. The summed E-state index contributed by atoms with van der Waals surface area (Å²) in [6, 6.07) is 8.30. The maximum Gasteiger partial charge on any atom is 0.227 e. The van der Waals surface area contributed by atoms with Gasteiger partial charge in [0.25, 0.3) is 0 Å². The molecular weight excluding hydrogens is 474 g/mol. The number of hydrogen-bond acceptors (Lipinski definition) is 10. The SMILES string of the molecule is CC1(N)CCN(c2ccc(Nc3ncc(-c4cnco4)c(-c4nc5c(s4)C(O)CCC5)n3)cc2)CC1. The van der Waals surface area contributed by atoms with Gasteiger partial charge in [-0.05, 0) is 63.3 Å². The number of thiazole rings is 1. The Balaban J connectivity index is 1.27. The first-order chi connectivity index (χ1) is 17.4. The van der Waals surface area contributed by atoms with E-state index in [4.69, 9.17) is 20.1 Å². The molecule has 3 aromatic heterocycles. The van der Waals surface area contributed by atoms with Crippen LogP contribution < -0.4 is 16.0 Å². The van der Waals surface area contributed by atoms with Gasteiger partial charge in [0.2, 0.25) is 5.95 Å². The molecule has 0 radical (unpaired) electrons. The quantitative estimate of drug-likeness (QED) is 0.356. The van der Waals surface area contributed by atoms with Gasteiger partial charge in [-0.1, -0.05) is 0 Å². The molecule has 0 saturated carbocycles. The molecule has 6 rings (SSSR count). The molecule has 1 aliphatic carbocycles. The van der Waals surface area contributed by atoms with Crippen molar-refractivity contribution in [1.82, 2.24) is 19.9 Å². The Morgan fingerprint density at radius 2 is 1.97 bits per heavy atom. The van der Waals surface area contributed by atoms with Gasteiger partial charge in [-0.15, -0.1) is 11.3 Å². The van der Waals surface area contributed by atoms with E-state index in [0.717, 1.165) is 66.5 Å². The zero-order valence-corrected chi connectivity index (χ0v) is 21.0. The number of fused-ring (bicyclic) bond motifs is 1. The molecule has 10 heteroatoms. The molecule has 0 bridgehead atoms. The van der Waals surface area contributed by atoms with Crippen molar-refractivity contribution in [3.8, 4) is 22.0 Å². The molecule has 186 valence electrons. The molecule has 1 fully saturated rings. The summed E-state index contributed by atoms with van der Waals surface area (Å²) in [4.78, 5) is 21.5. The summed E-state index contributed by atoms with van der Waals surface area (Å²) in [5, 5.41) is 14.5. The van der Waals surface area contributed by atoms with Crippen LogP contribution in [-0.2, 0) is 6.42 Å². The Morgan fingerprint density at radius 3 is 2.69 bits per heavy atom. The van der Waals surface area contributed by atoms with Crippen molar-refractivity contribution in [3.63, 3.8) is 0 Å². The topological polar surface area (TPSA) is 126 Å².